The monoisotopic (exact) mass is 391 g/mol. The van der Waals surface area contributed by atoms with Crippen molar-refractivity contribution in [2.75, 3.05) is 6.61 Å². The average Bonchev–Trinajstić information content (AvgIpc) is 3.14. The van der Waals surface area contributed by atoms with Crippen LogP contribution in [0.2, 0.25) is 0 Å². The zero-order valence-electron chi connectivity index (χ0n) is 14.6. The lowest BCUT2D eigenvalue weighted by Crippen LogP contribution is -2.02. The molecule has 0 bridgehead atoms. The van der Waals surface area contributed by atoms with Gasteiger partial charge in [0.15, 0.2) is 0 Å². The van der Waals surface area contributed by atoms with Crippen molar-refractivity contribution < 1.29 is 18.6 Å². The number of nitrogens with two attached hydrogens (primary N) is 1. The SMILES string of the molecule is CCOc1ccc(-c2cc(C(F)F)nn2-c2ccc(SN)c(CO)c2)cc1. The zero-order valence-corrected chi connectivity index (χ0v) is 15.4. The van der Waals surface area contributed by atoms with Crippen molar-refractivity contribution in [3.63, 3.8) is 0 Å². The lowest BCUT2D eigenvalue weighted by Gasteiger charge is -2.11. The second-order valence-corrected chi connectivity index (χ2v) is 6.37. The first kappa shape index (κ1) is 19.3. The molecule has 8 heteroatoms. The minimum absolute atomic E-state index is 0.214. The molecule has 1 aromatic heterocycles. The number of benzene rings is 2. The van der Waals surface area contributed by atoms with Gasteiger partial charge in [-0.2, -0.15) is 5.10 Å². The third kappa shape index (κ3) is 4.13. The minimum Gasteiger partial charge on any atom is -0.494 e. The van der Waals surface area contributed by atoms with E-state index in [1.54, 1.807) is 42.5 Å². The number of halogens is 2. The molecule has 2 aromatic carbocycles. The zero-order chi connectivity index (χ0) is 19.4. The van der Waals surface area contributed by atoms with Crippen LogP contribution >= 0.6 is 11.9 Å². The number of aromatic nitrogens is 2. The van der Waals surface area contributed by atoms with Gasteiger partial charge in [0.05, 0.1) is 24.6 Å². The van der Waals surface area contributed by atoms with Crippen molar-refractivity contribution in [1.82, 2.24) is 9.78 Å². The molecule has 0 fully saturated rings. The summed E-state index contributed by atoms with van der Waals surface area (Å²) < 4.78 is 33.4. The lowest BCUT2D eigenvalue weighted by molar-refractivity contribution is 0.145. The molecule has 0 atom stereocenters. The summed E-state index contributed by atoms with van der Waals surface area (Å²) >= 11 is 1.02. The molecule has 0 saturated heterocycles. The van der Waals surface area contributed by atoms with E-state index < -0.39 is 6.43 Å². The van der Waals surface area contributed by atoms with E-state index in [1.807, 2.05) is 6.92 Å². The van der Waals surface area contributed by atoms with Crippen LogP contribution in [-0.4, -0.2) is 21.5 Å². The quantitative estimate of drug-likeness (QED) is 0.587. The molecule has 3 N–H and O–H groups in total. The van der Waals surface area contributed by atoms with Crippen LogP contribution < -0.4 is 9.88 Å². The highest BCUT2D eigenvalue weighted by Crippen LogP contribution is 2.31. The van der Waals surface area contributed by atoms with Crippen molar-refractivity contribution in [3.8, 4) is 22.7 Å². The summed E-state index contributed by atoms with van der Waals surface area (Å²) in [7, 11) is 0. The highest BCUT2D eigenvalue weighted by atomic mass is 32.2. The first-order valence-electron chi connectivity index (χ1n) is 8.29. The Hall–Kier alpha value is -2.42. The van der Waals surface area contributed by atoms with E-state index in [-0.39, 0.29) is 12.3 Å². The predicted octanol–water partition coefficient (Wildman–Crippen LogP) is 4.33. The van der Waals surface area contributed by atoms with Crippen LogP contribution in [-0.2, 0) is 6.61 Å². The van der Waals surface area contributed by atoms with Gasteiger partial charge in [0.2, 0.25) is 0 Å². The molecule has 142 valence electrons. The van der Waals surface area contributed by atoms with Crippen molar-refractivity contribution in [2.24, 2.45) is 5.14 Å². The molecule has 0 spiro atoms. The number of rotatable bonds is 7. The highest BCUT2D eigenvalue weighted by Gasteiger charge is 2.18. The van der Waals surface area contributed by atoms with Crippen LogP contribution in [0.15, 0.2) is 53.4 Å². The fourth-order valence-corrected chi connectivity index (χ4v) is 3.15. The molecule has 0 aliphatic rings. The number of ether oxygens (including phenoxy) is 1. The van der Waals surface area contributed by atoms with Crippen molar-refractivity contribution in [3.05, 3.63) is 59.8 Å². The first-order chi connectivity index (χ1) is 13.1. The molecule has 0 amide bonds. The Kier molecular flexibility index (Phi) is 6.10. The van der Waals surface area contributed by atoms with Crippen LogP contribution in [0, 0.1) is 0 Å². The number of aliphatic hydroxyl groups is 1. The Bertz CT molecular complexity index is 914. The van der Waals surface area contributed by atoms with Gasteiger partial charge in [0.1, 0.15) is 11.4 Å². The van der Waals surface area contributed by atoms with Gasteiger partial charge in [-0.05, 0) is 73.0 Å². The van der Waals surface area contributed by atoms with Gasteiger partial charge in [-0.1, -0.05) is 0 Å². The molecule has 0 saturated carbocycles. The fraction of sp³-hybridized carbons (Fsp3) is 0.211. The van der Waals surface area contributed by atoms with E-state index in [9.17, 15) is 13.9 Å². The first-order valence-corrected chi connectivity index (χ1v) is 9.17. The maximum absolute atomic E-state index is 13.3. The van der Waals surface area contributed by atoms with Gasteiger partial charge in [-0.15, -0.1) is 0 Å². The maximum Gasteiger partial charge on any atom is 0.282 e. The van der Waals surface area contributed by atoms with Crippen LogP contribution in [0.3, 0.4) is 0 Å². The summed E-state index contributed by atoms with van der Waals surface area (Å²) in [6, 6.07) is 13.7. The molecule has 1 heterocycles. The third-order valence-electron chi connectivity index (χ3n) is 4.00. The van der Waals surface area contributed by atoms with E-state index in [2.05, 4.69) is 5.10 Å². The minimum atomic E-state index is -2.69. The van der Waals surface area contributed by atoms with Crippen LogP contribution in [0.5, 0.6) is 5.75 Å². The van der Waals surface area contributed by atoms with Gasteiger partial charge in [-0.25, -0.2) is 13.5 Å². The Balaban J connectivity index is 2.10. The summed E-state index contributed by atoms with van der Waals surface area (Å²) in [5.41, 5.74) is 2.09. The second kappa shape index (κ2) is 8.51. The summed E-state index contributed by atoms with van der Waals surface area (Å²) in [6.45, 7) is 2.22. The van der Waals surface area contributed by atoms with Gasteiger partial charge >= 0.3 is 0 Å². The topological polar surface area (TPSA) is 73.3 Å². The molecule has 3 rings (SSSR count). The molecule has 0 aliphatic heterocycles. The average molecular weight is 391 g/mol. The summed E-state index contributed by atoms with van der Waals surface area (Å²) in [5.74, 6) is 0.702. The largest absolute Gasteiger partial charge is 0.494 e. The Morgan fingerprint density at radius 3 is 2.52 bits per heavy atom. The van der Waals surface area contributed by atoms with Gasteiger partial charge < -0.3 is 9.84 Å². The van der Waals surface area contributed by atoms with E-state index in [1.165, 1.54) is 10.7 Å². The van der Waals surface area contributed by atoms with Crippen LogP contribution in [0.1, 0.15) is 24.6 Å². The number of hydrogen-bond acceptors (Lipinski definition) is 5. The van der Waals surface area contributed by atoms with Crippen molar-refractivity contribution in [2.45, 2.75) is 24.9 Å². The predicted molar refractivity (Wildman–Crippen MR) is 101 cm³/mol. The van der Waals surface area contributed by atoms with Crippen LogP contribution in [0.4, 0.5) is 8.78 Å². The third-order valence-corrected chi connectivity index (χ3v) is 4.65. The summed E-state index contributed by atoms with van der Waals surface area (Å²) in [5, 5.41) is 19.2. The Morgan fingerprint density at radius 1 is 1.19 bits per heavy atom. The smallest absolute Gasteiger partial charge is 0.282 e. The van der Waals surface area contributed by atoms with Crippen molar-refractivity contribution >= 4 is 11.9 Å². The summed E-state index contributed by atoms with van der Waals surface area (Å²) in [6.07, 6.45) is -2.69. The lowest BCUT2D eigenvalue weighted by atomic mass is 10.1. The standard InChI is InChI=1S/C19H19F2N3O2S/c1-2-26-15-6-3-12(4-7-15)17-10-16(19(20)21)23-24(17)14-5-8-18(27-22)13(9-14)11-25/h3-10,19,25H,2,11,22H2,1H3. The second-order valence-electron chi connectivity index (χ2n) is 5.69. The Morgan fingerprint density at radius 2 is 1.93 bits per heavy atom. The van der Waals surface area contributed by atoms with E-state index in [0.717, 1.165) is 17.5 Å². The van der Waals surface area contributed by atoms with Crippen LogP contribution in [0.25, 0.3) is 16.9 Å². The molecule has 27 heavy (non-hydrogen) atoms. The molecule has 5 nitrogen and oxygen atoms in total. The molecule has 0 unspecified atom stereocenters. The van der Waals surface area contributed by atoms with E-state index in [4.69, 9.17) is 9.88 Å². The highest BCUT2D eigenvalue weighted by molar-refractivity contribution is 7.97. The van der Waals surface area contributed by atoms with E-state index >= 15 is 0 Å². The molecule has 0 radical (unpaired) electrons. The number of nitrogens with zero attached hydrogens (tertiary/aromatic N) is 2. The van der Waals surface area contributed by atoms with Gasteiger partial charge in [0.25, 0.3) is 6.43 Å². The normalized spacial score (nSPS) is 11.2. The fourth-order valence-electron chi connectivity index (χ4n) is 2.73. The molecular formula is C19H19F2N3O2S. The number of alkyl halides is 2. The van der Waals surface area contributed by atoms with Gasteiger partial charge in [-0.3, -0.25) is 5.14 Å². The Labute approximate surface area is 159 Å². The molecule has 0 aliphatic carbocycles. The number of hydrogen-bond donors (Lipinski definition) is 2. The molecular weight excluding hydrogens is 372 g/mol. The van der Waals surface area contributed by atoms with E-state index in [0.29, 0.717) is 34.2 Å². The number of aliphatic hydroxyl groups excluding tert-OH is 1. The van der Waals surface area contributed by atoms with Crippen molar-refractivity contribution in [1.29, 1.82) is 0 Å². The van der Waals surface area contributed by atoms with Gasteiger partial charge in [0, 0.05) is 10.5 Å². The maximum atomic E-state index is 13.3. The summed E-state index contributed by atoms with van der Waals surface area (Å²) in [4.78, 5) is 0.713. The molecule has 3 aromatic rings.